The van der Waals surface area contributed by atoms with Crippen molar-refractivity contribution in [3.63, 3.8) is 0 Å². The molecule has 32 heavy (non-hydrogen) atoms. The maximum absolute atomic E-state index is 12.9. The second-order valence-electron chi connectivity index (χ2n) is 9.22. The number of hydrogen-bond donors (Lipinski definition) is 2. The van der Waals surface area contributed by atoms with Gasteiger partial charge < -0.3 is 20.3 Å². The van der Waals surface area contributed by atoms with Crippen LogP contribution in [0, 0.1) is 6.92 Å². The topological polar surface area (TPSA) is 83.6 Å². The summed E-state index contributed by atoms with van der Waals surface area (Å²) in [4.78, 5) is 32.2. The molecule has 5 rings (SSSR count). The molecule has 168 valence electrons. The minimum atomic E-state index is -0.0385. The predicted molar refractivity (Wildman–Crippen MR) is 122 cm³/mol. The lowest BCUT2D eigenvalue weighted by atomic mass is 9.96. The zero-order valence-corrected chi connectivity index (χ0v) is 18.6. The van der Waals surface area contributed by atoms with Crippen LogP contribution < -0.4 is 20.3 Å². The number of carbonyl (C=O) groups is 2. The number of piperidine rings is 1. The van der Waals surface area contributed by atoms with Crippen molar-refractivity contribution in [3.05, 3.63) is 53.2 Å². The van der Waals surface area contributed by atoms with Crippen molar-refractivity contribution in [2.45, 2.75) is 69.6 Å². The Morgan fingerprint density at radius 2 is 1.69 bits per heavy atom. The zero-order valence-electron chi connectivity index (χ0n) is 18.6. The van der Waals surface area contributed by atoms with Gasteiger partial charge in [-0.3, -0.25) is 9.59 Å². The highest BCUT2D eigenvalue weighted by Gasteiger charge is 2.42. The van der Waals surface area contributed by atoms with Gasteiger partial charge in [-0.2, -0.15) is 0 Å². The van der Waals surface area contributed by atoms with Crippen LogP contribution in [0.25, 0.3) is 0 Å². The molecule has 1 aromatic heterocycles. The summed E-state index contributed by atoms with van der Waals surface area (Å²) in [5.74, 6) is 1.58. The van der Waals surface area contributed by atoms with Crippen molar-refractivity contribution in [2.75, 3.05) is 12.0 Å². The Bertz CT molecular complexity index is 1000. The van der Waals surface area contributed by atoms with E-state index in [1.807, 2.05) is 37.3 Å². The van der Waals surface area contributed by atoms with Crippen molar-refractivity contribution in [1.29, 1.82) is 0 Å². The van der Waals surface area contributed by atoms with E-state index in [-0.39, 0.29) is 17.9 Å². The van der Waals surface area contributed by atoms with E-state index in [0.29, 0.717) is 29.3 Å². The molecule has 2 amide bonds. The molecule has 2 saturated heterocycles. The lowest BCUT2D eigenvalue weighted by Crippen LogP contribution is -2.50. The highest BCUT2D eigenvalue weighted by Crippen LogP contribution is 2.38. The van der Waals surface area contributed by atoms with Crippen molar-refractivity contribution in [3.8, 4) is 5.75 Å². The Morgan fingerprint density at radius 1 is 0.969 bits per heavy atom. The molecule has 1 unspecified atom stereocenters. The summed E-state index contributed by atoms with van der Waals surface area (Å²) in [6, 6.07) is 10.6. The van der Waals surface area contributed by atoms with Crippen LogP contribution in [0.15, 0.2) is 36.5 Å². The fourth-order valence-electron chi connectivity index (χ4n) is 5.18. The fourth-order valence-corrected chi connectivity index (χ4v) is 5.18. The van der Waals surface area contributed by atoms with Gasteiger partial charge in [0.1, 0.15) is 11.6 Å². The third-order valence-electron chi connectivity index (χ3n) is 7.00. The van der Waals surface area contributed by atoms with Gasteiger partial charge in [-0.1, -0.05) is 6.07 Å². The second kappa shape index (κ2) is 8.45. The van der Waals surface area contributed by atoms with Crippen molar-refractivity contribution < 1.29 is 14.3 Å². The smallest absolute Gasteiger partial charge is 0.253 e. The number of carbonyl (C=O) groups excluding carboxylic acids is 2. The molecule has 2 aromatic rings. The second-order valence-corrected chi connectivity index (χ2v) is 9.22. The molecule has 2 N–H and O–H groups in total. The van der Waals surface area contributed by atoms with E-state index in [1.165, 1.54) is 0 Å². The number of fused-ring (bicyclic) bond motifs is 2. The molecule has 3 aliphatic rings. The fraction of sp³-hybridized carbons (Fsp3) is 0.480. The molecule has 7 heteroatoms. The van der Waals surface area contributed by atoms with Crippen LogP contribution in [-0.4, -0.2) is 48.1 Å². The Labute approximate surface area is 188 Å². The molecule has 3 heterocycles. The van der Waals surface area contributed by atoms with E-state index in [1.54, 1.807) is 13.3 Å². The Hall–Kier alpha value is -3.09. The van der Waals surface area contributed by atoms with E-state index >= 15 is 0 Å². The molecule has 0 radical (unpaired) electrons. The summed E-state index contributed by atoms with van der Waals surface area (Å²) >= 11 is 0. The molecule has 3 atom stereocenters. The highest BCUT2D eigenvalue weighted by atomic mass is 16.5. The number of aromatic nitrogens is 1. The zero-order chi connectivity index (χ0) is 22.2. The van der Waals surface area contributed by atoms with Crippen LogP contribution in [0.3, 0.4) is 0 Å². The van der Waals surface area contributed by atoms with Crippen molar-refractivity contribution >= 4 is 17.6 Å². The Kier molecular flexibility index (Phi) is 5.49. The standard InChI is InChI=1S/C25H30N4O3/c1-15-21(4-3-5-22(15)32-2)25(31)28-18-12-19-9-10-20(13-18)29(19)23-11-6-16(14-26-23)24(30)27-17-7-8-17/h3-6,11,14,17-20H,7-10,12-13H2,1-2H3,(H,27,30)(H,28,31)/t18?,19-,20+. The van der Waals surface area contributed by atoms with Crippen molar-refractivity contribution in [2.24, 2.45) is 0 Å². The highest BCUT2D eigenvalue weighted by molar-refractivity contribution is 5.96. The van der Waals surface area contributed by atoms with Gasteiger partial charge in [-0.05, 0) is 69.7 Å². The lowest BCUT2D eigenvalue weighted by molar-refractivity contribution is 0.0923. The van der Waals surface area contributed by atoms with Gasteiger partial charge in [0.2, 0.25) is 0 Å². The van der Waals surface area contributed by atoms with E-state index in [9.17, 15) is 9.59 Å². The number of nitrogens with one attached hydrogen (secondary N) is 2. The van der Waals surface area contributed by atoms with Crippen LogP contribution in [0.1, 0.15) is 64.8 Å². The number of anilines is 1. The van der Waals surface area contributed by atoms with Crippen LogP contribution >= 0.6 is 0 Å². The maximum atomic E-state index is 12.9. The summed E-state index contributed by atoms with van der Waals surface area (Å²) in [6.07, 6.45) is 7.83. The maximum Gasteiger partial charge on any atom is 0.253 e. The SMILES string of the molecule is COc1cccc(C(=O)NC2C[C@H]3CC[C@@H](C2)N3c2ccc(C(=O)NC3CC3)cn2)c1C. The molecule has 2 bridgehead atoms. The van der Waals surface area contributed by atoms with Crippen LogP contribution in [0.2, 0.25) is 0 Å². The average molecular weight is 435 g/mol. The summed E-state index contributed by atoms with van der Waals surface area (Å²) in [6.45, 7) is 1.92. The summed E-state index contributed by atoms with van der Waals surface area (Å²) in [5, 5.41) is 6.26. The number of nitrogens with zero attached hydrogens (tertiary/aromatic N) is 2. The molecular formula is C25H30N4O3. The van der Waals surface area contributed by atoms with E-state index in [0.717, 1.165) is 55.7 Å². The first kappa shape index (κ1) is 20.8. The summed E-state index contributed by atoms with van der Waals surface area (Å²) < 4.78 is 5.36. The predicted octanol–water partition coefficient (Wildman–Crippen LogP) is 3.22. The molecular weight excluding hydrogens is 404 g/mol. The third-order valence-corrected chi connectivity index (χ3v) is 7.00. The molecule has 1 aromatic carbocycles. The normalized spacial score (nSPS) is 24.2. The molecule has 1 aliphatic carbocycles. The first-order chi connectivity index (χ1) is 15.5. The number of ether oxygens (including phenoxy) is 1. The van der Waals surface area contributed by atoms with Gasteiger partial charge in [0.05, 0.1) is 12.7 Å². The number of benzene rings is 1. The average Bonchev–Trinajstić information content (AvgIpc) is 3.57. The van der Waals surface area contributed by atoms with E-state index < -0.39 is 0 Å². The first-order valence-electron chi connectivity index (χ1n) is 11.5. The molecule has 7 nitrogen and oxygen atoms in total. The third kappa shape index (κ3) is 4.04. The quantitative estimate of drug-likeness (QED) is 0.729. The molecule has 3 fully saturated rings. The van der Waals surface area contributed by atoms with Gasteiger partial charge in [0, 0.05) is 41.5 Å². The minimum absolute atomic E-state index is 0.0382. The number of rotatable bonds is 6. The number of amides is 2. The van der Waals surface area contributed by atoms with Crippen LogP contribution in [0.5, 0.6) is 5.75 Å². The number of pyridine rings is 1. The Balaban J connectivity index is 1.24. The molecule has 2 aliphatic heterocycles. The molecule has 1 saturated carbocycles. The van der Waals surface area contributed by atoms with Gasteiger partial charge >= 0.3 is 0 Å². The van der Waals surface area contributed by atoms with Crippen LogP contribution in [-0.2, 0) is 0 Å². The van der Waals surface area contributed by atoms with Crippen molar-refractivity contribution in [1.82, 2.24) is 15.6 Å². The summed E-state index contributed by atoms with van der Waals surface area (Å²) in [7, 11) is 1.62. The van der Waals surface area contributed by atoms with E-state index in [4.69, 9.17) is 4.74 Å². The minimum Gasteiger partial charge on any atom is -0.496 e. The largest absolute Gasteiger partial charge is 0.496 e. The monoisotopic (exact) mass is 434 g/mol. The van der Waals surface area contributed by atoms with Gasteiger partial charge in [-0.15, -0.1) is 0 Å². The van der Waals surface area contributed by atoms with Gasteiger partial charge in [0.25, 0.3) is 11.8 Å². The first-order valence-corrected chi connectivity index (χ1v) is 11.5. The number of methoxy groups -OCH3 is 1. The lowest BCUT2D eigenvalue weighted by Gasteiger charge is -2.40. The number of hydrogen-bond acceptors (Lipinski definition) is 5. The molecule has 0 spiro atoms. The Morgan fingerprint density at radius 3 is 2.31 bits per heavy atom. The van der Waals surface area contributed by atoms with Gasteiger partial charge in [-0.25, -0.2) is 4.98 Å². The van der Waals surface area contributed by atoms with E-state index in [2.05, 4.69) is 20.5 Å². The van der Waals surface area contributed by atoms with Gasteiger partial charge in [0.15, 0.2) is 0 Å². The van der Waals surface area contributed by atoms with Crippen LogP contribution in [0.4, 0.5) is 5.82 Å². The summed E-state index contributed by atoms with van der Waals surface area (Å²) in [5.41, 5.74) is 2.15.